The molecule has 1 rings (SSSR count). The van der Waals surface area contributed by atoms with E-state index >= 15 is 0 Å². The second-order valence-corrected chi connectivity index (χ2v) is 3.80. The molecule has 0 heterocycles. The maximum atomic E-state index is 12.1. The molecule has 0 radical (unpaired) electrons. The van der Waals surface area contributed by atoms with Crippen molar-refractivity contribution in [3.63, 3.8) is 0 Å². The van der Waals surface area contributed by atoms with Crippen LogP contribution in [0, 0.1) is 6.92 Å². The Hall–Kier alpha value is -1.39. The van der Waals surface area contributed by atoms with Gasteiger partial charge < -0.3 is 10.6 Å². The molecule has 0 aliphatic carbocycles. The number of benzene rings is 1. The van der Waals surface area contributed by atoms with Crippen molar-refractivity contribution in [3.8, 4) is 0 Å². The van der Waals surface area contributed by atoms with Gasteiger partial charge in [-0.3, -0.25) is 0 Å². The number of alkyl halides is 3. The fourth-order valence-corrected chi connectivity index (χ4v) is 1.61. The Balaban J connectivity index is 2.77. The summed E-state index contributed by atoms with van der Waals surface area (Å²) in [5, 5.41) is 0. The highest BCUT2D eigenvalue weighted by molar-refractivity contribution is 5.70. The molecule has 0 amide bonds. The van der Waals surface area contributed by atoms with Gasteiger partial charge in [-0.15, -0.1) is 0 Å². The van der Waals surface area contributed by atoms with Crippen LogP contribution in [0.3, 0.4) is 0 Å². The molecule has 16 heavy (non-hydrogen) atoms. The van der Waals surface area contributed by atoms with E-state index in [1.807, 2.05) is 13.0 Å². The third-order valence-corrected chi connectivity index (χ3v) is 2.38. The van der Waals surface area contributed by atoms with Gasteiger partial charge in [0.05, 0.1) is 17.8 Å². The van der Waals surface area contributed by atoms with Crippen LogP contribution in [0.4, 0.5) is 24.5 Å². The van der Waals surface area contributed by atoms with Gasteiger partial charge >= 0.3 is 6.18 Å². The zero-order valence-electron chi connectivity index (χ0n) is 9.30. The number of nitrogen functional groups attached to an aromatic ring is 1. The predicted molar refractivity (Wildman–Crippen MR) is 59.5 cm³/mol. The van der Waals surface area contributed by atoms with Gasteiger partial charge in [-0.2, -0.15) is 13.2 Å². The van der Waals surface area contributed by atoms with Crippen molar-refractivity contribution in [1.82, 2.24) is 0 Å². The summed E-state index contributed by atoms with van der Waals surface area (Å²) in [4.78, 5) is 1.54. The molecule has 1 aromatic carbocycles. The minimum Gasteiger partial charge on any atom is -0.397 e. The number of hydrogen-bond acceptors (Lipinski definition) is 2. The molecule has 0 bridgehead atoms. The molecule has 0 unspecified atom stereocenters. The SMILES string of the molecule is Cc1cccc(N)c1N(C)CCC(F)(F)F. The molecule has 0 atom stereocenters. The van der Waals surface area contributed by atoms with Crippen LogP contribution < -0.4 is 10.6 Å². The Morgan fingerprint density at radius 1 is 1.31 bits per heavy atom. The van der Waals surface area contributed by atoms with Crippen LogP contribution in [0.15, 0.2) is 18.2 Å². The molecule has 0 aliphatic heterocycles. The van der Waals surface area contributed by atoms with Crippen molar-refractivity contribution in [2.45, 2.75) is 19.5 Å². The molecule has 0 fully saturated rings. The van der Waals surface area contributed by atoms with Crippen molar-refractivity contribution in [2.24, 2.45) is 0 Å². The van der Waals surface area contributed by atoms with E-state index in [4.69, 9.17) is 5.73 Å². The highest BCUT2D eigenvalue weighted by Gasteiger charge is 2.27. The van der Waals surface area contributed by atoms with E-state index in [2.05, 4.69) is 0 Å². The minimum atomic E-state index is -4.13. The van der Waals surface area contributed by atoms with Gasteiger partial charge in [0.2, 0.25) is 0 Å². The highest BCUT2D eigenvalue weighted by Crippen LogP contribution is 2.28. The molecule has 0 aliphatic rings. The first-order valence-electron chi connectivity index (χ1n) is 4.94. The molecular formula is C11H15F3N2. The Bertz CT molecular complexity index is 340. The lowest BCUT2D eigenvalue weighted by atomic mass is 10.1. The number of anilines is 2. The number of aryl methyl sites for hydroxylation is 1. The van der Waals surface area contributed by atoms with Gasteiger partial charge in [-0.1, -0.05) is 12.1 Å². The van der Waals surface area contributed by atoms with Crippen molar-refractivity contribution in [3.05, 3.63) is 23.8 Å². The highest BCUT2D eigenvalue weighted by atomic mass is 19.4. The number of nitrogens with two attached hydrogens (primary N) is 1. The van der Waals surface area contributed by atoms with Crippen LogP contribution in [0.25, 0.3) is 0 Å². The second-order valence-electron chi connectivity index (χ2n) is 3.80. The van der Waals surface area contributed by atoms with Gasteiger partial charge in [-0.25, -0.2) is 0 Å². The third-order valence-electron chi connectivity index (χ3n) is 2.38. The molecule has 1 aromatic rings. The molecule has 5 heteroatoms. The van der Waals surface area contributed by atoms with Crippen molar-refractivity contribution < 1.29 is 13.2 Å². The molecule has 0 aromatic heterocycles. The first kappa shape index (κ1) is 12.7. The van der Waals surface area contributed by atoms with Crippen LogP contribution in [0.1, 0.15) is 12.0 Å². The number of para-hydroxylation sites is 1. The number of halogens is 3. The fourth-order valence-electron chi connectivity index (χ4n) is 1.61. The molecule has 0 saturated carbocycles. The molecule has 0 spiro atoms. The molecule has 0 saturated heterocycles. The summed E-state index contributed by atoms with van der Waals surface area (Å²) in [7, 11) is 1.62. The number of nitrogens with zero attached hydrogens (tertiary/aromatic N) is 1. The van der Waals surface area contributed by atoms with Crippen LogP contribution in [0.2, 0.25) is 0 Å². The Morgan fingerprint density at radius 3 is 2.44 bits per heavy atom. The quantitative estimate of drug-likeness (QED) is 0.812. The van der Waals surface area contributed by atoms with E-state index in [9.17, 15) is 13.2 Å². The van der Waals surface area contributed by atoms with E-state index in [0.717, 1.165) is 5.56 Å². The van der Waals surface area contributed by atoms with Crippen LogP contribution in [-0.4, -0.2) is 19.8 Å². The summed E-state index contributed by atoms with van der Waals surface area (Å²) in [5.74, 6) is 0. The van der Waals surface area contributed by atoms with Crippen LogP contribution in [-0.2, 0) is 0 Å². The lowest BCUT2D eigenvalue weighted by molar-refractivity contribution is -0.132. The van der Waals surface area contributed by atoms with E-state index in [0.29, 0.717) is 11.4 Å². The van der Waals surface area contributed by atoms with Gasteiger partial charge in [0.15, 0.2) is 0 Å². The summed E-state index contributed by atoms with van der Waals surface area (Å²) >= 11 is 0. The van der Waals surface area contributed by atoms with Crippen LogP contribution in [0.5, 0.6) is 0 Å². The van der Waals surface area contributed by atoms with Crippen LogP contribution >= 0.6 is 0 Å². The summed E-state index contributed by atoms with van der Waals surface area (Å²) < 4.78 is 36.2. The van der Waals surface area contributed by atoms with Crippen molar-refractivity contribution in [1.29, 1.82) is 0 Å². The first-order chi connectivity index (χ1) is 7.31. The topological polar surface area (TPSA) is 29.3 Å². The summed E-state index contributed by atoms with van der Waals surface area (Å²) in [6.45, 7) is 1.74. The molecule has 2 nitrogen and oxygen atoms in total. The lowest BCUT2D eigenvalue weighted by Gasteiger charge is -2.23. The average molecular weight is 232 g/mol. The normalized spacial score (nSPS) is 11.6. The zero-order chi connectivity index (χ0) is 12.3. The van der Waals surface area contributed by atoms with E-state index in [1.165, 1.54) is 4.90 Å². The minimum absolute atomic E-state index is 0.0848. The first-order valence-corrected chi connectivity index (χ1v) is 4.94. The van der Waals surface area contributed by atoms with Gasteiger partial charge in [0.25, 0.3) is 0 Å². The molecule has 90 valence electrons. The second kappa shape index (κ2) is 4.63. The Kier molecular flexibility index (Phi) is 3.67. The van der Waals surface area contributed by atoms with Crippen molar-refractivity contribution in [2.75, 3.05) is 24.2 Å². The lowest BCUT2D eigenvalue weighted by Crippen LogP contribution is -2.25. The third kappa shape index (κ3) is 3.32. The number of hydrogen-bond donors (Lipinski definition) is 1. The maximum Gasteiger partial charge on any atom is 0.390 e. The standard InChI is InChI=1S/C11H15F3N2/c1-8-4-3-5-9(15)10(8)16(2)7-6-11(12,13)14/h3-5H,6-7,15H2,1-2H3. The largest absolute Gasteiger partial charge is 0.397 e. The monoisotopic (exact) mass is 232 g/mol. The smallest absolute Gasteiger partial charge is 0.390 e. The summed E-state index contributed by atoms with van der Waals surface area (Å²) in [6.07, 6.45) is -4.97. The molecular weight excluding hydrogens is 217 g/mol. The van der Waals surface area contributed by atoms with Gasteiger partial charge in [0.1, 0.15) is 0 Å². The van der Waals surface area contributed by atoms with E-state index in [1.54, 1.807) is 19.2 Å². The van der Waals surface area contributed by atoms with E-state index in [-0.39, 0.29) is 6.54 Å². The molecule has 2 N–H and O–H groups in total. The predicted octanol–water partition coefficient (Wildman–Crippen LogP) is 2.97. The maximum absolute atomic E-state index is 12.1. The average Bonchev–Trinajstić information content (AvgIpc) is 2.13. The van der Waals surface area contributed by atoms with Gasteiger partial charge in [-0.05, 0) is 18.6 Å². The fraction of sp³-hybridized carbons (Fsp3) is 0.455. The number of rotatable bonds is 3. The Morgan fingerprint density at radius 2 is 1.94 bits per heavy atom. The Labute approximate surface area is 92.9 Å². The van der Waals surface area contributed by atoms with E-state index < -0.39 is 12.6 Å². The van der Waals surface area contributed by atoms with Gasteiger partial charge in [0, 0.05) is 13.6 Å². The summed E-state index contributed by atoms with van der Waals surface area (Å²) in [6, 6.07) is 5.30. The summed E-state index contributed by atoms with van der Waals surface area (Å²) in [5.41, 5.74) is 7.80. The zero-order valence-corrected chi connectivity index (χ0v) is 9.30. The van der Waals surface area contributed by atoms with Crippen molar-refractivity contribution >= 4 is 11.4 Å².